The van der Waals surface area contributed by atoms with Gasteiger partial charge in [-0.15, -0.1) is 6.58 Å². The van der Waals surface area contributed by atoms with Crippen LogP contribution in [0, 0.1) is 12.7 Å². The molecule has 1 atom stereocenters. The van der Waals surface area contributed by atoms with Crippen molar-refractivity contribution in [1.82, 2.24) is 19.4 Å². The molecular weight excluding hydrogens is 487 g/mol. The number of alkyl halides is 2. The van der Waals surface area contributed by atoms with Crippen LogP contribution in [0.25, 0.3) is 10.9 Å². The number of fused-ring (bicyclic) bond motifs is 1. The molecule has 2 aromatic heterocycles. The molecule has 0 spiro atoms. The fourth-order valence-corrected chi connectivity index (χ4v) is 4.68. The van der Waals surface area contributed by atoms with E-state index in [4.69, 9.17) is 4.74 Å². The number of benzene rings is 1. The van der Waals surface area contributed by atoms with Gasteiger partial charge in [0.25, 0.3) is 12.0 Å². The van der Waals surface area contributed by atoms with Crippen LogP contribution < -0.4 is 10.9 Å². The van der Waals surface area contributed by atoms with Crippen molar-refractivity contribution >= 4 is 22.8 Å². The summed E-state index contributed by atoms with van der Waals surface area (Å²) in [6.07, 6.45) is 0.708. The second-order valence-corrected chi connectivity index (χ2v) is 9.26. The van der Waals surface area contributed by atoms with Crippen LogP contribution in [0.5, 0.6) is 0 Å². The standard InChI is InChI=1S/C26H28F3N5O3/c1-5-19(16-7-6-8-17(22(16)27)23(28)29)32-24-18-14-34(21(35)13-20(18)30-15(2)31-24)26(3)9-11-33(12-10-26)25(36)37-4/h5-8,13-14,19,23H,1,9-12H2,2-4H3,(H,30,31,32). The smallest absolute Gasteiger partial charge is 0.409 e. The largest absolute Gasteiger partial charge is 0.453 e. The number of amides is 1. The molecular formula is C26H28F3N5O3. The van der Waals surface area contributed by atoms with Gasteiger partial charge >= 0.3 is 6.09 Å². The zero-order chi connectivity index (χ0) is 26.9. The third kappa shape index (κ3) is 5.03. The molecule has 0 saturated carbocycles. The zero-order valence-electron chi connectivity index (χ0n) is 20.8. The van der Waals surface area contributed by atoms with E-state index in [2.05, 4.69) is 21.9 Å². The van der Waals surface area contributed by atoms with Gasteiger partial charge in [-0.3, -0.25) is 4.79 Å². The number of methoxy groups -OCH3 is 1. The van der Waals surface area contributed by atoms with Crippen LogP contribution in [0.3, 0.4) is 0 Å². The maximum absolute atomic E-state index is 14.9. The minimum Gasteiger partial charge on any atom is -0.453 e. The summed E-state index contributed by atoms with van der Waals surface area (Å²) in [5, 5.41) is 3.59. The number of rotatable bonds is 6. The Morgan fingerprint density at radius 3 is 2.54 bits per heavy atom. The van der Waals surface area contributed by atoms with Gasteiger partial charge in [0.15, 0.2) is 0 Å². The van der Waals surface area contributed by atoms with E-state index in [-0.39, 0.29) is 11.1 Å². The minimum absolute atomic E-state index is 0.00678. The summed E-state index contributed by atoms with van der Waals surface area (Å²) in [6.45, 7) is 8.17. The lowest BCUT2D eigenvalue weighted by Gasteiger charge is -2.40. The van der Waals surface area contributed by atoms with E-state index in [0.29, 0.717) is 48.5 Å². The molecule has 8 nitrogen and oxygen atoms in total. The Morgan fingerprint density at radius 1 is 1.24 bits per heavy atom. The average molecular weight is 516 g/mol. The molecule has 1 aliphatic rings. The fourth-order valence-electron chi connectivity index (χ4n) is 4.68. The summed E-state index contributed by atoms with van der Waals surface area (Å²) < 4.78 is 47.9. The van der Waals surface area contributed by atoms with Crippen molar-refractivity contribution in [2.45, 2.75) is 44.7 Å². The summed E-state index contributed by atoms with van der Waals surface area (Å²) in [4.78, 5) is 35.4. The van der Waals surface area contributed by atoms with Gasteiger partial charge in [-0.2, -0.15) is 0 Å². The minimum atomic E-state index is -2.96. The molecule has 196 valence electrons. The number of nitrogens with one attached hydrogen (secondary N) is 1. The SMILES string of the molecule is C=CC(Nc1nc(C)nc2cc(=O)n(C3(C)CCN(C(=O)OC)CC3)cc12)c1cccc(C(F)F)c1F. The molecule has 1 unspecified atom stereocenters. The van der Waals surface area contributed by atoms with Crippen molar-refractivity contribution in [2.75, 3.05) is 25.5 Å². The summed E-state index contributed by atoms with van der Waals surface area (Å²) >= 11 is 0. The number of aromatic nitrogens is 3. The van der Waals surface area contributed by atoms with Gasteiger partial charge in [0, 0.05) is 36.5 Å². The van der Waals surface area contributed by atoms with Crippen molar-refractivity contribution in [1.29, 1.82) is 0 Å². The zero-order valence-corrected chi connectivity index (χ0v) is 20.8. The van der Waals surface area contributed by atoms with Gasteiger partial charge in [0.1, 0.15) is 17.5 Å². The van der Waals surface area contributed by atoms with E-state index in [1.54, 1.807) is 22.6 Å². The van der Waals surface area contributed by atoms with Gasteiger partial charge < -0.3 is 19.5 Å². The topological polar surface area (TPSA) is 89.4 Å². The second-order valence-electron chi connectivity index (χ2n) is 9.26. The molecule has 1 aromatic carbocycles. The van der Waals surface area contributed by atoms with Crippen LogP contribution in [0.4, 0.5) is 23.8 Å². The average Bonchev–Trinajstić information content (AvgIpc) is 2.86. The van der Waals surface area contributed by atoms with Crippen molar-refractivity contribution in [3.05, 3.63) is 76.2 Å². The number of carbonyl (C=O) groups is 1. The van der Waals surface area contributed by atoms with Crippen LogP contribution >= 0.6 is 0 Å². The highest BCUT2D eigenvalue weighted by atomic mass is 19.3. The van der Waals surface area contributed by atoms with Gasteiger partial charge in [0.2, 0.25) is 0 Å². The summed E-state index contributed by atoms with van der Waals surface area (Å²) in [5.41, 5.74) is -1.17. The highest BCUT2D eigenvalue weighted by molar-refractivity contribution is 5.88. The first kappa shape index (κ1) is 26.2. The third-order valence-corrected chi connectivity index (χ3v) is 6.85. The van der Waals surface area contributed by atoms with Crippen LogP contribution in [0.2, 0.25) is 0 Å². The summed E-state index contributed by atoms with van der Waals surface area (Å²) in [7, 11) is 1.33. The normalized spacial score (nSPS) is 16.0. The lowest BCUT2D eigenvalue weighted by Crippen LogP contribution is -2.49. The molecule has 3 aromatic rings. The summed E-state index contributed by atoms with van der Waals surface area (Å²) in [6, 6.07) is 4.34. The molecule has 0 aliphatic carbocycles. The number of hydrogen-bond acceptors (Lipinski definition) is 6. The number of nitrogens with zero attached hydrogens (tertiary/aromatic N) is 4. The third-order valence-electron chi connectivity index (χ3n) is 6.85. The number of halogens is 3. The number of aryl methyl sites for hydroxylation is 1. The Bertz CT molecular complexity index is 1400. The first-order valence-corrected chi connectivity index (χ1v) is 11.8. The Morgan fingerprint density at radius 2 is 1.92 bits per heavy atom. The van der Waals surface area contributed by atoms with E-state index < -0.39 is 35.5 Å². The molecule has 1 fully saturated rings. The quantitative estimate of drug-likeness (QED) is 0.460. The highest BCUT2D eigenvalue weighted by Gasteiger charge is 2.35. The van der Waals surface area contributed by atoms with Gasteiger partial charge in [-0.25, -0.2) is 27.9 Å². The Kier molecular flexibility index (Phi) is 7.24. The highest BCUT2D eigenvalue weighted by Crippen LogP contribution is 2.33. The first-order chi connectivity index (χ1) is 17.6. The maximum Gasteiger partial charge on any atom is 0.409 e. The number of likely N-dealkylation sites (tertiary alicyclic amines) is 1. The molecule has 3 heterocycles. The van der Waals surface area contributed by atoms with E-state index in [0.717, 1.165) is 6.07 Å². The monoisotopic (exact) mass is 515 g/mol. The van der Waals surface area contributed by atoms with Crippen molar-refractivity contribution in [3.63, 3.8) is 0 Å². The number of pyridine rings is 1. The van der Waals surface area contributed by atoms with E-state index in [1.807, 2.05) is 6.92 Å². The van der Waals surface area contributed by atoms with Crippen molar-refractivity contribution in [3.8, 4) is 0 Å². The first-order valence-electron chi connectivity index (χ1n) is 11.8. The molecule has 37 heavy (non-hydrogen) atoms. The van der Waals surface area contributed by atoms with E-state index in [9.17, 15) is 22.8 Å². The Hall–Kier alpha value is -3.89. The number of hydrogen-bond donors (Lipinski definition) is 1. The maximum atomic E-state index is 14.9. The predicted octanol–water partition coefficient (Wildman–Crippen LogP) is 5.09. The van der Waals surface area contributed by atoms with Crippen LogP contribution in [0.1, 0.15) is 49.2 Å². The van der Waals surface area contributed by atoms with E-state index in [1.165, 1.54) is 31.4 Å². The van der Waals surface area contributed by atoms with E-state index >= 15 is 0 Å². The molecule has 0 radical (unpaired) electrons. The number of carbonyl (C=O) groups excluding carboxylic acids is 1. The Labute approximate surface area is 211 Å². The Balaban J connectivity index is 1.75. The van der Waals surface area contributed by atoms with Gasteiger partial charge in [-0.05, 0) is 26.7 Å². The molecule has 1 N–H and O–H groups in total. The molecule has 0 bridgehead atoms. The molecule has 1 aliphatic heterocycles. The predicted molar refractivity (Wildman–Crippen MR) is 133 cm³/mol. The van der Waals surface area contributed by atoms with Crippen LogP contribution in [0.15, 0.2) is 47.9 Å². The molecule has 1 saturated heterocycles. The van der Waals surface area contributed by atoms with Gasteiger partial charge in [0.05, 0.1) is 29.6 Å². The fraction of sp³-hybridized carbons (Fsp3) is 0.385. The number of anilines is 1. The summed E-state index contributed by atoms with van der Waals surface area (Å²) in [5.74, 6) is -0.347. The number of piperidine rings is 1. The van der Waals surface area contributed by atoms with Gasteiger partial charge in [-0.1, -0.05) is 24.3 Å². The lowest BCUT2D eigenvalue weighted by molar-refractivity contribution is 0.0861. The number of ether oxygens (including phenoxy) is 1. The van der Waals surface area contributed by atoms with Crippen LogP contribution in [-0.4, -0.2) is 45.7 Å². The molecule has 11 heteroatoms. The molecule has 1 amide bonds. The lowest BCUT2D eigenvalue weighted by atomic mass is 9.89. The van der Waals surface area contributed by atoms with Crippen LogP contribution in [-0.2, 0) is 10.3 Å². The van der Waals surface area contributed by atoms with Crippen molar-refractivity contribution in [2.24, 2.45) is 0 Å². The van der Waals surface area contributed by atoms with Crippen molar-refractivity contribution < 1.29 is 22.7 Å². The molecule has 4 rings (SSSR count). The second kappa shape index (κ2) is 10.2.